The first kappa shape index (κ1) is 17.2. The number of rotatable bonds is 4. The van der Waals surface area contributed by atoms with Crippen molar-refractivity contribution in [1.82, 2.24) is 9.29 Å². The highest BCUT2D eigenvalue weighted by Crippen LogP contribution is 2.32. The molecule has 1 aliphatic rings. The van der Waals surface area contributed by atoms with Gasteiger partial charge in [-0.25, -0.2) is 17.7 Å². The fourth-order valence-corrected chi connectivity index (χ4v) is 4.06. The van der Waals surface area contributed by atoms with Crippen LogP contribution in [0.3, 0.4) is 0 Å². The quantitative estimate of drug-likeness (QED) is 0.893. The average Bonchev–Trinajstić information content (AvgIpc) is 2.73. The number of anilines is 1. The number of amides is 1. The summed E-state index contributed by atoms with van der Waals surface area (Å²) in [6.45, 7) is 3.12. The summed E-state index contributed by atoms with van der Waals surface area (Å²) >= 11 is 0.588. The van der Waals surface area contributed by atoms with E-state index in [1.165, 1.54) is 18.2 Å². The molecule has 1 N–H and O–H groups in total. The van der Waals surface area contributed by atoms with Gasteiger partial charge in [0.05, 0.1) is 0 Å². The second-order valence-corrected chi connectivity index (χ2v) is 8.60. The molecule has 2 rings (SSSR count). The van der Waals surface area contributed by atoms with E-state index in [1.54, 1.807) is 0 Å². The van der Waals surface area contributed by atoms with Crippen molar-refractivity contribution in [2.45, 2.75) is 31.2 Å². The Hall–Kier alpha value is -1.20. The summed E-state index contributed by atoms with van der Waals surface area (Å²) in [6, 6.07) is 0. The Balaban J connectivity index is 2.16. The zero-order valence-corrected chi connectivity index (χ0v) is 13.4. The Morgan fingerprint density at radius 1 is 1.36 bits per heavy atom. The van der Waals surface area contributed by atoms with Crippen LogP contribution in [0.4, 0.5) is 18.3 Å². The molecule has 124 valence electrons. The third-order valence-electron chi connectivity index (χ3n) is 3.36. The van der Waals surface area contributed by atoms with E-state index in [1.807, 2.05) is 0 Å². The highest BCUT2D eigenvalue weighted by molar-refractivity contribution is 7.91. The number of alkyl halides is 3. The predicted octanol–water partition coefficient (Wildman–Crippen LogP) is 1.91. The maximum atomic E-state index is 12.5. The molecule has 1 aromatic heterocycles. The predicted molar refractivity (Wildman–Crippen MR) is 74.9 cm³/mol. The van der Waals surface area contributed by atoms with Crippen LogP contribution in [0.15, 0.2) is 5.38 Å². The molecule has 0 atom stereocenters. The smallest absolute Gasteiger partial charge is 0.301 e. The lowest BCUT2D eigenvalue weighted by Crippen LogP contribution is -2.55. The van der Waals surface area contributed by atoms with E-state index in [-0.39, 0.29) is 5.13 Å². The molecule has 1 saturated heterocycles. The zero-order chi connectivity index (χ0) is 16.8. The van der Waals surface area contributed by atoms with Gasteiger partial charge in [0.2, 0.25) is 15.9 Å². The van der Waals surface area contributed by atoms with E-state index in [0.29, 0.717) is 24.4 Å². The Morgan fingerprint density at radius 3 is 2.36 bits per heavy atom. The first-order chi connectivity index (χ1) is 9.96. The molecule has 6 nitrogen and oxygen atoms in total. The first-order valence-electron chi connectivity index (χ1n) is 6.30. The van der Waals surface area contributed by atoms with Crippen LogP contribution in [0.5, 0.6) is 0 Å². The topological polar surface area (TPSA) is 79.4 Å². The number of carbonyl (C=O) groups excluding carboxylic acids is 1. The van der Waals surface area contributed by atoms with E-state index in [9.17, 15) is 26.4 Å². The molecule has 22 heavy (non-hydrogen) atoms. The van der Waals surface area contributed by atoms with Gasteiger partial charge < -0.3 is 5.32 Å². The third kappa shape index (κ3) is 2.97. The van der Waals surface area contributed by atoms with E-state index in [2.05, 4.69) is 10.3 Å². The molecule has 1 aliphatic heterocycles. The largest absolute Gasteiger partial charge is 0.434 e. The second kappa shape index (κ2) is 5.46. The summed E-state index contributed by atoms with van der Waals surface area (Å²) < 4.78 is 61.3. The molecule has 1 amide bonds. The summed E-state index contributed by atoms with van der Waals surface area (Å²) in [5, 5.41) is 2.62. The monoisotopic (exact) mass is 357 g/mol. The van der Waals surface area contributed by atoms with Gasteiger partial charge in [0, 0.05) is 18.5 Å². The lowest BCUT2D eigenvalue weighted by Gasteiger charge is -2.36. The normalized spacial score (nSPS) is 17.1. The Morgan fingerprint density at radius 2 is 1.95 bits per heavy atom. The Labute approximate surface area is 129 Å². The van der Waals surface area contributed by atoms with Crippen molar-refractivity contribution in [2.75, 3.05) is 18.4 Å². The molecule has 0 saturated carbocycles. The maximum absolute atomic E-state index is 12.5. The highest BCUT2D eigenvalue weighted by atomic mass is 32.2. The van der Waals surface area contributed by atoms with Gasteiger partial charge in [0.15, 0.2) is 15.6 Å². The molecule has 0 aromatic carbocycles. The van der Waals surface area contributed by atoms with Crippen LogP contribution in [0.2, 0.25) is 0 Å². The highest BCUT2D eigenvalue weighted by Gasteiger charge is 2.47. The molecule has 1 fully saturated rings. The van der Waals surface area contributed by atoms with Gasteiger partial charge in [0.1, 0.15) is 0 Å². The first-order valence-corrected chi connectivity index (χ1v) is 8.62. The minimum absolute atomic E-state index is 0.288. The fraction of sp³-hybridized carbons (Fsp3) is 0.636. The summed E-state index contributed by atoms with van der Waals surface area (Å²) in [5.74, 6) is -0.914. The number of nitrogens with zero attached hydrogens (tertiary/aromatic N) is 2. The van der Waals surface area contributed by atoms with Crippen molar-refractivity contribution in [3.05, 3.63) is 11.1 Å². The van der Waals surface area contributed by atoms with E-state index in [0.717, 1.165) is 11.8 Å². The maximum Gasteiger partial charge on any atom is 0.434 e. The van der Waals surface area contributed by atoms with E-state index >= 15 is 0 Å². The van der Waals surface area contributed by atoms with Crippen molar-refractivity contribution in [2.24, 2.45) is 0 Å². The molecule has 11 heteroatoms. The van der Waals surface area contributed by atoms with Gasteiger partial charge in [-0.1, -0.05) is 0 Å². The van der Waals surface area contributed by atoms with Crippen molar-refractivity contribution in [1.29, 1.82) is 0 Å². The van der Waals surface area contributed by atoms with Gasteiger partial charge in [0.25, 0.3) is 0 Å². The molecule has 0 aliphatic carbocycles. The third-order valence-corrected chi connectivity index (χ3v) is 6.64. The van der Waals surface area contributed by atoms with Crippen molar-refractivity contribution >= 4 is 32.4 Å². The number of sulfonamides is 1. The van der Waals surface area contributed by atoms with Crippen molar-refractivity contribution < 1.29 is 26.4 Å². The molecule has 0 unspecified atom stereocenters. The molecule has 0 spiro atoms. The average molecular weight is 357 g/mol. The van der Waals surface area contributed by atoms with Crippen LogP contribution in [-0.4, -0.2) is 41.5 Å². The Bertz CT molecular complexity index is 678. The number of carbonyl (C=O) groups is 1. The van der Waals surface area contributed by atoms with Crippen LogP contribution < -0.4 is 5.32 Å². The van der Waals surface area contributed by atoms with Crippen LogP contribution in [-0.2, 0) is 21.0 Å². The van der Waals surface area contributed by atoms with E-state index in [4.69, 9.17) is 0 Å². The minimum Gasteiger partial charge on any atom is -0.301 e. The van der Waals surface area contributed by atoms with Crippen LogP contribution >= 0.6 is 11.3 Å². The van der Waals surface area contributed by atoms with Gasteiger partial charge >= 0.3 is 6.18 Å². The van der Waals surface area contributed by atoms with Gasteiger partial charge in [-0.05, 0) is 20.3 Å². The van der Waals surface area contributed by atoms with E-state index < -0.39 is 32.5 Å². The van der Waals surface area contributed by atoms with Crippen molar-refractivity contribution in [3.63, 3.8) is 0 Å². The summed E-state index contributed by atoms with van der Waals surface area (Å²) in [6.07, 6.45) is -3.89. The summed E-state index contributed by atoms with van der Waals surface area (Å²) in [7, 11) is -3.87. The molecule has 1 aromatic rings. The number of thiazole rings is 1. The SMILES string of the molecule is CC(C)(C(=O)Nc1nc(C(F)(F)F)cs1)S(=O)(=O)N1CCC1. The number of hydrogen-bond donors (Lipinski definition) is 1. The molecule has 2 heterocycles. The molecule has 0 bridgehead atoms. The van der Waals surface area contributed by atoms with Crippen LogP contribution in [0.1, 0.15) is 26.0 Å². The summed E-state index contributed by atoms with van der Waals surface area (Å²) in [4.78, 5) is 15.4. The minimum atomic E-state index is -4.61. The standard InChI is InChI=1S/C11H14F3N3O3S2/c1-10(2,22(19,20)17-4-3-5-17)8(18)16-9-15-7(6-21-9)11(12,13)14/h6H,3-5H2,1-2H3,(H,15,16,18). The van der Waals surface area contributed by atoms with Gasteiger partial charge in [-0.3, -0.25) is 4.79 Å². The van der Waals surface area contributed by atoms with Crippen molar-refractivity contribution in [3.8, 4) is 0 Å². The lowest BCUT2D eigenvalue weighted by atomic mass is 10.2. The fourth-order valence-electron chi connectivity index (χ4n) is 1.68. The van der Waals surface area contributed by atoms with Crippen LogP contribution in [0.25, 0.3) is 0 Å². The number of hydrogen-bond acceptors (Lipinski definition) is 5. The summed E-state index contributed by atoms with van der Waals surface area (Å²) in [5.41, 5.74) is -1.13. The molecular formula is C11H14F3N3O3S2. The zero-order valence-electron chi connectivity index (χ0n) is 11.8. The van der Waals surface area contributed by atoms with Gasteiger partial charge in [-0.15, -0.1) is 11.3 Å². The Kier molecular flexibility index (Phi) is 4.26. The second-order valence-electron chi connectivity index (χ2n) is 5.26. The lowest BCUT2D eigenvalue weighted by molar-refractivity contribution is -0.140. The van der Waals surface area contributed by atoms with Crippen LogP contribution in [0, 0.1) is 0 Å². The number of aromatic nitrogens is 1. The number of nitrogens with one attached hydrogen (secondary N) is 1. The number of halogens is 3. The molecular weight excluding hydrogens is 343 g/mol. The van der Waals surface area contributed by atoms with Gasteiger partial charge in [-0.2, -0.15) is 13.2 Å². The molecule has 0 radical (unpaired) electrons.